The fourth-order valence-corrected chi connectivity index (χ4v) is 8.34. The Morgan fingerprint density at radius 3 is 2.22 bits per heavy atom. The molecule has 1 unspecified atom stereocenters. The molecule has 0 aromatic heterocycles. The molecular formula is C37H45N3O5. The van der Waals surface area contributed by atoms with Crippen molar-refractivity contribution in [2.75, 3.05) is 24.6 Å². The van der Waals surface area contributed by atoms with Gasteiger partial charge < -0.3 is 24.5 Å². The maximum absolute atomic E-state index is 15.0. The second kappa shape index (κ2) is 11.9. The molecule has 4 aliphatic heterocycles. The predicted octanol–water partition coefficient (Wildman–Crippen LogP) is 4.57. The third-order valence-electron chi connectivity index (χ3n) is 10.2. The molecule has 1 spiro atoms. The van der Waals surface area contributed by atoms with Gasteiger partial charge in [-0.3, -0.25) is 14.4 Å². The number of fused-ring (bicyclic) bond motifs is 2. The van der Waals surface area contributed by atoms with Crippen molar-refractivity contribution in [1.29, 1.82) is 0 Å². The van der Waals surface area contributed by atoms with Crippen LogP contribution in [0.5, 0.6) is 0 Å². The second-order valence-electron chi connectivity index (χ2n) is 13.5. The van der Waals surface area contributed by atoms with Gasteiger partial charge in [-0.15, -0.1) is 0 Å². The van der Waals surface area contributed by atoms with E-state index in [-0.39, 0.29) is 30.2 Å². The molecule has 2 saturated heterocycles. The second-order valence-corrected chi connectivity index (χ2v) is 13.5. The van der Waals surface area contributed by atoms with Crippen LogP contribution in [0.15, 0.2) is 72.8 Å². The number of aryl methyl sites for hydroxylation is 2. The number of aliphatic hydroxyl groups is 1. The van der Waals surface area contributed by atoms with Crippen molar-refractivity contribution in [3.63, 3.8) is 0 Å². The van der Waals surface area contributed by atoms with Crippen LogP contribution in [0.25, 0.3) is 0 Å². The summed E-state index contributed by atoms with van der Waals surface area (Å²) in [6, 6.07) is 14.1. The Hall–Kier alpha value is -3.75. The van der Waals surface area contributed by atoms with Gasteiger partial charge in [0.25, 0.3) is 5.91 Å². The highest BCUT2D eigenvalue weighted by Crippen LogP contribution is 2.59. The van der Waals surface area contributed by atoms with Crippen LogP contribution in [0.4, 0.5) is 5.69 Å². The first-order chi connectivity index (χ1) is 21.6. The summed E-state index contributed by atoms with van der Waals surface area (Å²) in [6.45, 7) is 10.8. The Bertz CT molecular complexity index is 1520. The third kappa shape index (κ3) is 4.93. The molecule has 0 saturated carbocycles. The van der Waals surface area contributed by atoms with E-state index < -0.39 is 35.1 Å². The largest absolute Gasteiger partial charge is 0.394 e. The molecule has 4 heterocycles. The zero-order valence-corrected chi connectivity index (χ0v) is 27.0. The number of carbonyl (C=O) groups is 3. The molecule has 8 nitrogen and oxygen atoms in total. The number of carbonyl (C=O) groups excluding carboxylic acids is 3. The Morgan fingerprint density at radius 1 is 0.889 bits per heavy atom. The smallest absolute Gasteiger partial charge is 0.253 e. The minimum atomic E-state index is -1.37. The first kappa shape index (κ1) is 31.2. The van der Waals surface area contributed by atoms with Crippen LogP contribution < -0.4 is 4.90 Å². The van der Waals surface area contributed by atoms with E-state index in [9.17, 15) is 14.7 Å². The van der Waals surface area contributed by atoms with Gasteiger partial charge in [-0.1, -0.05) is 93.6 Å². The number of hydrogen-bond acceptors (Lipinski definition) is 5. The number of ether oxygens (including phenoxy) is 1. The molecule has 2 aromatic rings. The topological polar surface area (TPSA) is 90.4 Å². The van der Waals surface area contributed by atoms with Gasteiger partial charge in [0.05, 0.1) is 30.1 Å². The summed E-state index contributed by atoms with van der Waals surface area (Å²) in [7, 11) is 0. The SMILES string of the molecule is CC[C@]12C=CCN(Cc3ccccc3)C(=O)[C@H]1[C@H]1C(=O)N([C@@H](CO)CC(C)C)C3C(=O)N(c4c(C)cccc4C)CC=C[C@@]31O2. The number of amides is 3. The molecule has 0 radical (unpaired) electrons. The van der Waals surface area contributed by atoms with E-state index in [4.69, 9.17) is 4.74 Å². The lowest BCUT2D eigenvalue weighted by molar-refractivity contribution is -0.153. The molecule has 8 heteroatoms. The van der Waals surface area contributed by atoms with Gasteiger partial charge >= 0.3 is 0 Å². The lowest BCUT2D eigenvalue weighted by atomic mass is 9.73. The van der Waals surface area contributed by atoms with E-state index >= 15 is 4.79 Å². The Labute approximate surface area is 266 Å². The molecule has 3 amide bonds. The summed E-state index contributed by atoms with van der Waals surface area (Å²) < 4.78 is 7.15. The Morgan fingerprint density at radius 2 is 1.58 bits per heavy atom. The first-order valence-corrected chi connectivity index (χ1v) is 16.3. The van der Waals surface area contributed by atoms with E-state index in [2.05, 4.69) is 0 Å². The summed E-state index contributed by atoms with van der Waals surface area (Å²) >= 11 is 0. The van der Waals surface area contributed by atoms with Gasteiger partial charge in [0.15, 0.2) is 0 Å². The minimum Gasteiger partial charge on any atom is -0.394 e. The fraction of sp³-hybridized carbons (Fsp3) is 0.486. The number of anilines is 1. The normalized spacial score (nSPS) is 30.0. The van der Waals surface area contributed by atoms with Crippen molar-refractivity contribution < 1.29 is 24.2 Å². The zero-order chi connectivity index (χ0) is 32.1. The van der Waals surface area contributed by atoms with Crippen molar-refractivity contribution in [2.45, 2.75) is 77.3 Å². The summed E-state index contributed by atoms with van der Waals surface area (Å²) in [4.78, 5) is 49.8. The van der Waals surface area contributed by atoms with Crippen LogP contribution in [0, 0.1) is 31.6 Å². The van der Waals surface area contributed by atoms with Gasteiger partial charge in [-0.05, 0) is 49.3 Å². The van der Waals surface area contributed by atoms with Crippen molar-refractivity contribution in [3.8, 4) is 0 Å². The van der Waals surface area contributed by atoms with Crippen LogP contribution in [0.2, 0.25) is 0 Å². The van der Waals surface area contributed by atoms with Crippen molar-refractivity contribution in [1.82, 2.24) is 9.80 Å². The molecule has 0 aliphatic carbocycles. The number of rotatable bonds is 8. The molecule has 6 atom stereocenters. The number of nitrogens with zero attached hydrogens (tertiary/aromatic N) is 3. The highest BCUT2D eigenvalue weighted by Gasteiger charge is 2.76. The summed E-state index contributed by atoms with van der Waals surface area (Å²) in [6.07, 6.45) is 8.74. The Balaban J connectivity index is 1.50. The van der Waals surface area contributed by atoms with Crippen LogP contribution in [0.3, 0.4) is 0 Å². The van der Waals surface area contributed by atoms with E-state index in [0.29, 0.717) is 32.5 Å². The fourth-order valence-electron chi connectivity index (χ4n) is 8.34. The van der Waals surface area contributed by atoms with E-state index in [0.717, 1.165) is 22.4 Å². The molecule has 45 heavy (non-hydrogen) atoms. The quantitative estimate of drug-likeness (QED) is 0.442. The number of likely N-dealkylation sites (tertiary alicyclic amines) is 1. The molecule has 2 fully saturated rings. The molecule has 238 valence electrons. The van der Waals surface area contributed by atoms with Gasteiger partial charge in [0.2, 0.25) is 11.8 Å². The standard InChI is InChI=1S/C37H45N3O5/c1-6-36-17-11-19-38(22-27-15-8-7-9-16-27)33(42)29(36)30-34(43)40(28(23-41)21-24(2)3)32-35(44)39(20-12-18-37(30,32)45-36)31-25(4)13-10-14-26(31)5/h7-18,24,28-30,32,41H,6,19-23H2,1-5H3/t28-,29-,30+,32?,36+,37+/m1/s1. The van der Waals surface area contributed by atoms with Gasteiger partial charge in [0, 0.05) is 25.3 Å². The van der Waals surface area contributed by atoms with Crippen LogP contribution in [0.1, 0.15) is 50.3 Å². The highest BCUT2D eigenvalue weighted by atomic mass is 16.5. The zero-order valence-electron chi connectivity index (χ0n) is 27.0. The average molecular weight is 612 g/mol. The minimum absolute atomic E-state index is 0.150. The average Bonchev–Trinajstić information content (AvgIpc) is 3.32. The number of benzene rings is 2. The molecule has 6 rings (SSSR count). The van der Waals surface area contributed by atoms with Crippen LogP contribution >= 0.6 is 0 Å². The van der Waals surface area contributed by atoms with E-state index in [1.807, 2.05) is 107 Å². The molecule has 1 N–H and O–H groups in total. The molecular weight excluding hydrogens is 566 g/mol. The van der Waals surface area contributed by atoms with Crippen LogP contribution in [-0.4, -0.2) is 75.6 Å². The summed E-state index contributed by atoms with van der Waals surface area (Å²) in [5.41, 5.74) is 1.29. The number of hydrogen-bond donors (Lipinski definition) is 1. The number of para-hydroxylation sites is 1. The third-order valence-corrected chi connectivity index (χ3v) is 10.2. The van der Waals surface area contributed by atoms with Crippen molar-refractivity contribution >= 4 is 23.4 Å². The lowest BCUT2D eigenvalue weighted by Gasteiger charge is -2.41. The molecule has 2 aromatic carbocycles. The van der Waals surface area contributed by atoms with Gasteiger partial charge in [-0.2, -0.15) is 0 Å². The van der Waals surface area contributed by atoms with E-state index in [1.165, 1.54) is 0 Å². The highest BCUT2D eigenvalue weighted by molar-refractivity contribution is 6.06. The maximum atomic E-state index is 15.0. The predicted molar refractivity (Wildman–Crippen MR) is 173 cm³/mol. The number of aliphatic hydroxyl groups excluding tert-OH is 1. The van der Waals surface area contributed by atoms with Crippen LogP contribution in [-0.2, 0) is 25.7 Å². The molecule has 0 bridgehead atoms. The summed E-state index contributed by atoms with van der Waals surface area (Å²) in [5, 5.41) is 10.7. The van der Waals surface area contributed by atoms with Gasteiger partial charge in [-0.25, -0.2) is 0 Å². The maximum Gasteiger partial charge on any atom is 0.253 e. The van der Waals surface area contributed by atoms with Crippen molar-refractivity contribution in [3.05, 3.63) is 89.5 Å². The van der Waals surface area contributed by atoms with Crippen molar-refractivity contribution in [2.24, 2.45) is 17.8 Å². The van der Waals surface area contributed by atoms with Gasteiger partial charge in [0.1, 0.15) is 11.6 Å². The molecule has 4 aliphatic rings. The van der Waals surface area contributed by atoms with E-state index in [1.54, 1.807) is 14.7 Å². The lowest BCUT2D eigenvalue weighted by Crippen LogP contribution is -2.59. The Kier molecular flexibility index (Phi) is 8.25. The first-order valence-electron chi connectivity index (χ1n) is 16.3. The summed E-state index contributed by atoms with van der Waals surface area (Å²) in [5.74, 6) is -2.29. The monoisotopic (exact) mass is 611 g/mol.